The van der Waals surface area contributed by atoms with Crippen molar-refractivity contribution in [1.29, 1.82) is 0 Å². The first kappa shape index (κ1) is 26.6. The van der Waals surface area contributed by atoms with Crippen LogP contribution in [0.15, 0.2) is 35.3 Å². The van der Waals surface area contributed by atoms with E-state index in [2.05, 4.69) is 39.4 Å². The number of unbranched alkanes of at least 4 members (excludes halogenated alkanes) is 3. The Kier molecular flexibility index (Phi) is 16.9. The minimum absolute atomic E-state index is 0. The number of hydrogen-bond donors (Lipinski definition) is 2. The monoisotopic (exact) mass is 505 g/mol. The van der Waals surface area contributed by atoms with E-state index in [1.165, 1.54) is 12.7 Å². The van der Waals surface area contributed by atoms with E-state index in [0.29, 0.717) is 13.0 Å². The average molecular weight is 505 g/mol. The van der Waals surface area contributed by atoms with Gasteiger partial charge < -0.3 is 20.1 Å². The van der Waals surface area contributed by atoms with Gasteiger partial charge in [0.1, 0.15) is 0 Å². The van der Waals surface area contributed by atoms with E-state index in [1.54, 1.807) is 7.05 Å². The van der Waals surface area contributed by atoms with Crippen LogP contribution >= 0.6 is 24.0 Å². The normalized spacial score (nSPS) is 12.0. The van der Waals surface area contributed by atoms with Crippen molar-refractivity contribution in [2.75, 3.05) is 33.9 Å². The number of hydrogen-bond acceptors (Lipinski definition) is 4. The number of nitrogens with one attached hydrogen (secondary N) is 2. The predicted octanol–water partition coefficient (Wildman–Crippen LogP) is 4.06. The van der Waals surface area contributed by atoms with Gasteiger partial charge in [-0.2, -0.15) is 0 Å². The average Bonchev–Trinajstić information content (AvgIpc) is 2.71. The van der Waals surface area contributed by atoms with Gasteiger partial charge in [0.2, 0.25) is 0 Å². The summed E-state index contributed by atoms with van der Waals surface area (Å²) in [5, 5.41) is 6.62. The van der Waals surface area contributed by atoms with Crippen molar-refractivity contribution in [1.82, 2.24) is 10.6 Å². The van der Waals surface area contributed by atoms with Crippen LogP contribution in [0.3, 0.4) is 0 Å². The van der Waals surface area contributed by atoms with Crippen LogP contribution in [-0.4, -0.2) is 45.8 Å². The van der Waals surface area contributed by atoms with Crippen molar-refractivity contribution < 1.29 is 14.3 Å². The molecule has 0 amide bonds. The third-order valence-corrected chi connectivity index (χ3v) is 4.30. The van der Waals surface area contributed by atoms with Crippen LogP contribution in [-0.2, 0) is 14.3 Å². The fourth-order valence-corrected chi connectivity index (χ4v) is 2.64. The Morgan fingerprint density at radius 3 is 2.32 bits per heavy atom. The Bertz CT molecular complexity index is 541. The summed E-state index contributed by atoms with van der Waals surface area (Å²) in [6.45, 7) is 4.48. The number of nitrogens with zero attached hydrogens (tertiary/aromatic N) is 1. The van der Waals surface area contributed by atoms with E-state index >= 15 is 0 Å². The molecule has 6 nitrogen and oxygen atoms in total. The zero-order valence-electron chi connectivity index (χ0n) is 17.4. The van der Waals surface area contributed by atoms with Gasteiger partial charge in [0.15, 0.2) is 5.96 Å². The van der Waals surface area contributed by atoms with Crippen molar-refractivity contribution in [3.63, 3.8) is 0 Å². The summed E-state index contributed by atoms with van der Waals surface area (Å²) in [7, 11) is 3.21. The molecule has 1 atom stereocenters. The number of rotatable bonds is 13. The summed E-state index contributed by atoms with van der Waals surface area (Å²) in [6.07, 6.45) is 5.62. The Labute approximate surface area is 186 Å². The van der Waals surface area contributed by atoms with Crippen LogP contribution in [0.2, 0.25) is 0 Å². The number of benzene rings is 1. The fourth-order valence-electron chi connectivity index (χ4n) is 2.64. The highest BCUT2D eigenvalue weighted by Crippen LogP contribution is 2.15. The molecule has 1 aromatic rings. The molecular formula is C21H36IN3O3. The van der Waals surface area contributed by atoms with Gasteiger partial charge in [-0.15, -0.1) is 24.0 Å². The van der Waals surface area contributed by atoms with E-state index in [9.17, 15) is 4.79 Å². The number of methoxy groups -OCH3 is 1. The lowest BCUT2D eigenvalue weighted by atomic mass is 10.1. The van der Waals surface area contributed by atoms with Gasteiger partial charge in [-0.05, 0) is 31.7 Å². The first-order valence-electron chi connectivity index (χ1n) is 9.85. The van der Waals surface area contributed by atoms with Crippen LogP contribution in [0.5, 0.6) is 0 Å². The van der Waals surface area contributed by atoms with E-state index < -0.39 is 0 Å². The smallest absolute Gasteiger partial charge is 0.305 e. The zero-order valence-corrected chi connectivity index (χ0v) is 19.7. The van der Waals surface area contributed by atoms with Crippen LogP contribution in [0, 0.1) is 0 Å². The molecule has 0 saturated carbocycles. The minimum Gasteiger partial charge on any atom is -0.469 e. The molecule has 0 aliphatic carbocycles. The lowest BCUT2D eigenvalue weighted by molar-refractivity contribution is -0.140. The van der Waals surface area contributed by atoms with E-state index in [-0.39, 0.29) is 36.0 Å². The number of carbonyl (C=O) groups excluding carboxylic acids is 1. The van der Waals surface area contributed by atoms with E-state index in [1.807, 2.05) is 18.2 Å². The SMILES string of the molecule is CN=C(NCCCCCCC(=O)OC)NCCCOC(C)c1ccccc1.I. The van der Waals surface area contributed by atoms with Crippen molar-refractivity contribution in [2.24, 2.45) is 4.99 Å². The summed E-state index contributed by atoms with van der Waals surface area (Å²) in [4.78, 5) is 15.2. The standard InChI is InChI=1S/C21H35N3O3.HI/c1-18(19-12-7-6-8-13-19)27-17-11-16-24-21(22-2)23-15-10-5-4-9-14-20(25)26-3;/h6-8,12-13,18H,4-5,9-11,14-17H2,1-3H3,(H2,22,23,24);1H. The van der Waals surface area contributed by atoms with E-state index in [0.717, 1.165) is 51.2 Å². The number of esters is 1. The third kappa shape index (κ3) is 12.9. The molecule has 0 aromatic heterocycles. The summed E-state index contributed by atoms with van der Waals surface area (Å²) in [5.41, 5.74) is 1.20. The lowest BCUT2D eigenvalue weighted by Gasteiger charge is -2.15. The second-order valence-electron chi connectivity index (χ2n) is 6.44. The van der Waals surface area contributed by atoms with Crippen LogP contribution < -0.4 is 10.6 Å². The maximum atomic E-state index is 11.0. The molecule has 0 fully saturated rings. The zero-order chi connectivity index (χ0) is 19.7. The van der Waals surface area contributed by atoms with E-state index in [4.69, 9.17) is 4.74 Å². The van der Waals surface area contributed by atoms with Gasteiger partial charge in [0.25, 0.3) is 0 Å². The predicted molar refractivity (Wildman–Crippen MR) is 125 cm³/mol. The summed E-state index contributed by atoms with van der Waals surface area (Å²) >= 11 is 0. The lowest BCUT2D eigenvalue weighted by Crippen LogP contribution is -2.38. The maximum absolute atomic E-state index is 11.0. The van der Waals surface area contributed by atoms with Gasteiger partial charge in [0, 0.05) is 33.2 Å². The number of carbonyl (C=O) groups is 1. The van der Waals surface area contributed by atoms with Crippen molar-refractivity contribution >= 4 is 35.9 Å². The Balaban J connectivity index is 0.00000729. The van der Waals surface area contributed by atoms with Gasteiger partial charge in [0.05, 0.1) is 13.2 Å². The number of guanidine groups is 1. The second kappa shape index (κ2) is 17.7. The molecule has 1 rings (SSSR count). The molecular weight excluding hydrogens is 469 g/mol. The van der Waals surface area contributed by atoms with Crippen molar-refractivity contribution in [2.45, 2.75) is 51.6 Å². The largest absolute Gasteiger partial charge is 0.469 e. The summed E-state index contributed by atoms with van der Waals surface area (Å²) < 4.78 is 10.5. The maximum Gasteiger partial charge on any atom is 0.305 e. The number of aliphatic imine (C=N–C) groups is 1. The quantitative estimate of drug-likeness (QED) is 0.139. The molecule has 0 aliphatic rings. The molecule has 28 heavy (non-hydrogen) atoms. The molecule has 0 saturated heterocycles. The van der Waals surface area contributed by atoms with Crippen LogP contribution in [0.1, 0.15) is 57.1 Å². The number of ether oxygens (including phenoxy) is 2. The molecule has 0 radical (unpaired) electrons. The molecule has 1 unspecified atom stereocenters. The van der Waals surface area contributed by atoms with Crippen molar-refractivity contribution in [3.8, 4) is 0 Å². The molecule has 2 N–H and O–H groups in total. The van der Waals surface area contributed by atoms with Gasteiger partial charge >= 0.3 is 5.97 Å². The third-order valence-electron chi connectivity index (χ3n) is 4.30. The molecule has 160 valence electrons. The molecule has 0 aliphatic heterocycles. The molecule has 0 heterocycles. The Hall–Kier alpha value is -1.35. The summed E-state index contributed by atoms with van der Waals surface area (Å²) in [5.74, 6) is 0.695. The Morgan fingerprint density at radius 2 is 1.68 bits per heavy atom. The minimum atomic E-state index is -0.125. The molecule has 0 bridgehead atoms. The highest BCUT2D eigenvalue weighted by Gasteiger charge is 2.04. The van der Waals surface area contributed by atoms with Gasteiger partial charge in [-0.3, -0.25) is 9.79 Å². The topological polar surface area (TPSA) is 72.0 Å². The van der Waals surface area contributed by atoms with Gasteiger partial charge in [-0.25, -0.2) is 0 Å². The van der Waals surface area contributed by atoms with Crippen molar-refractivity contribution in [3.05, 3.63) is 35.9 Å². The summed E-state index contributed by atoms with van der Waals surface area (Å²) in [6, 6.07) is 10.3. The molecule has 0 spiro atoms. The van der Waals surface area contributed by atoms with Crippen LogP contribution in [0.25, 0.3) is 0 Å². The first-order chi connectivity index (χ1) is 13.2. The van der Waals surface area contributed by atoms with Crippen LogP contribution in [0.4, 0.5) is 0 Å². The highest BCUT2D eigenvalue weighted by atomic mass is 127. The fraction of sp³-hybridized carbons (Fsp3) is 0.619. The second-order valence-corrected chi connectivity index (χ2v) is 6.44. The highest BCUT2D eigenvalue weighted by molar-refractivity contribution is 14.0. The Morgan fingerprint density at radius 1 is 1.04 bits per heavy atom. The molecule has 7 heteroatoms. The molecule has 1 aromatic carbocycles. The first-order valence-corrected chi connectivity index (χ1v) is 9.85. The number of halogens is 1. The van der Waals surface area contributed by atoms with Gasteiger partial charge in [-0.1, -0.05) is 43.2 Å².